The molecule has 0 spiro atoms. The number of fused-ring (bicyclic) bond motifs is 1. The molecule has 5 heteroatoms. The lowest BCUT2D eigenvalue weighted by molar-refractivity contribution is -0.0439. The van der Waals surface area contributed by atoms with Crippen molar-refractivity contribution in [1.82, 2.24) is 0 Å². The van der Waals surface area contributed by atoms with Crippen LogP contribution in [0.15, 0.2) is 48.5 Å². The van der Waals surface area contributed by atoms with Crippen LogP contribution in [0, 0.1) is 27.7 Å². The first-order valence-electron chi connectivity index (χ1n) is 10.4. The first-order chi connectivity index (χ1) is 14.5. The van der Waals surface area contributed by atoms with Crippen LogP contribution in [-0.4, -0.2) is 12.9 Å². The van der Waals surface area contributed by atoms with E-state index in [9.17, 15) is 0 Å². The summed E-state index contributed by atoms with van der Waals surface area (Å²) in [7, 11) is -1.62. The molecule has 0 atom stereocenters. The van der Waals surface area contributed by atoms with Crippen LogP contribution < -0.4 is 30.1 Å². The van der Waals surface area contributed by atoms with Gasteiger partial charge in [0.1, 0.15) is 0 Å². The van der Waals surface area contributed by atoms with Gasteiger partial charge in [0.25, 0.3) is 0 Å². The van der Waals surface area contributed by atoms with Gasteiger partial charge in [0, 0.05) is 29.8 Å². The van der Waals surface area contributed by atoms with Gasteiger partial charge in [0.15, 0.2) is 18.6 Å². The van der Waals surface area contributed by atoms with Crippen molar-refractivity contribution in [2.24, 2.45) is 0 Å². The van der Waals surface area contributed by atoms with Crippen LogP contribution in [0.25, 0.3) is 0 Å². The SMILES string of the molecule is COc1cc(P(=O)(c2cc(C)cc(C)c2)c2cc(C)cc(C)c2)cc2c1OC(C)(C)O2. The molecule has 0 fully saturated rings. The number of hydrogen-bond acceptors (Lipinski definition) is 4. The lowest BCUT2D eigenvalue weighted by Crippen LogP contribution is -2.29. The molecule has 0 aliphatic carbocycles. The summed E-state index contributed by atoms with van der Waals surface area (Å²) >= 11 is 0. The maximum Gasteiger partial charge on any atom is 0.246 e. The zero-order valence-corrected chi connectivity index (χ0v) is 20.1. The van der Waals surface area contributed by atoms with E-state index in [1.54, 1.807) is 7.11 Å². The second-order valence-electron chi connectivity index (χ2n) is 8.88. The molecular formula is C26H29O4P. The van der Waals surface area contributed by atoms with Crippen molar-refractivity contribution in [2.75, 3.05) is 7.11 Å². The average Bonchev–Trinajstić information content (AvgIpc) is 2.98. The predicted molar refractivity (Wildman–Crippen MR) is 127 cm³/mol. The Balaban J connectivity index is 2.04. The van der Waals surface area contributed by atoms with E-state index in [-0.39, 0.29) is 0 Å². The summed E-state index contributed by atoms with van der Waals surface area (Å²) in [5.74, 6) is 0.807. The zero-order valence-electron chi connectivity index (χ0n) is 19.2. The first-order valence-corrected chi connectivity index (χ1v) is 12.1. The molecule has 3 aromatic rings. The van der Waals surface area contributed by atoms with Gasteiger partial charge in [-0.05, 0) is 64.1 Å². The fourth-order valence-electron chi connectivity index (χ4n) is 4.32. The second-order valence-corrected chi connectivity index (χ2v) is 11.6. The van der Waals surface area contributed by atoms with Gasteiger partial charge in [-0.25, -0.2) is 0 Å². The van der Waals surface area contributed by atoms with Crippen molar-refractivity contribution in [3.05, 3.63) is 70.8 Å². The minimum Gasteiger partial charge on any atom is -0.493 e. The minimum absolute atomic E-state index is 0.520. The topological polar surface area (TPSA) is 44.8 Å². The number of hydrogen-bond donors (Lipinski definition) is 0. The summed E-state index contributed by atoms with van der Waals surface area (Å²) in [5.41, 5.74) is 4.31. The first kappa shape index (κ1) is 21.5. The molecule has 0 unspecified atom stereocenters. The molecule has 3 aromatic carbocycles. The highest BCUT2D eigenvalue weighted by molar-refractivity contribution is 7.85. The maximum absolute atomic E-state index is 15.1. The van der Waals surface area contributed by atoms with Gasteiger partial charge in [0.2, 0.25) is 11.5 Å². The fourth-order valence-corrected chi connectivity index (χ4v) is 7.35. The van der Waals surface area contributed by atoms with Crippen LogP contribution in [0.5, 0.6) is 17.2 Å². The van der Waals surface area contributed by atoms with Crippen LogP contribution in [0.3, 0.4) is 0 Å². The normalized spacial score (nSPS) is 14.5. The standard InChI is InChI=1S/C26H29O4P/c1-16-8-17(2)11-20(10-16)31(27,21-12-18(3)9-19(4)13-21)22-14-23(28-7)25-24(15-22)29-26(5,6)30-25/h8-15H,1-7H3. The van der Waals surface area contributed by atoms with E-state index in [2.05, 4.69) is 12.1 Å². The van der Waals surface area contributed by atoms with Crippen molar-refractivity contribution in [3.8, 4) is 17.2 Å². The molecule has 31 heavy (non-hydrogen) atoms. The summed E-state index contributed by atoms with van der Waals surface area (Å²) < 4.78 is 32.7. The molecule has 0 bridgehead atoms. The van der Waals surface area contributed by atoms with Crippen LogP contribution in [0.1, 0.15) is 36.1 Å². The molecule has 0 saturated carbocycles. The highest BCUT2D eigenvalue weighted by Gasteiger charge is 2.38. The molecule has 162 valence electrons. The maximum atomic E-state index is 15.1. The zero-order chi connectivity index (χ0) is 22.6. The predicted octanol–water partition coefficient (Wildman–Crippen LogP) is 5.08. The molecule has 1 aliphatic heterocycles. The van der Waals surface area contributed by atoms with E-state index in [4.69, 9.17) is 14.2 Å². The minimum atomic E-state index is -3.21. The quantitative estimate of drug-likeness (QED) is 0.536. The Hall–Kier alpha value is -2.71. The average molecular weight is 436 g/mol. The van der Waals surface area contributed by atoms with Gasteiger partial charge >= 0.3 is 0 Å². The summed E-state index contributed by atoms with van der Waals surface area (Å²) in [6.45, 7) is 11.8. The molecule has 0 radical (unpaired) electrons. The van der Waals surface area contributed by atoms with Gasteiger partial charge in [-0.15, -0.1) is 0 Å². The van der Waals surface area contributed by atoms with E-state index in [1.807, 2.05) is 77.9 Å². The highest BCUT2D eigenvalue weighted by Crippen LogP contribution is 2.51. The third-order valence-corrected chi connectivity index (χ3v) is 8.39. The number of methoxy groups -OCH3 is 1. The van der Waals surface area contributed by atoms with E-state index in [0.717, 1.165) is 32.9 Å². The van der Waals surface area contributed by atoms with Gasteiger partial charge < -0.3 is 18.8 Å². The molecule has 4 rings (SSSR count). The molecular weight excluding hydrogens is 407 g/mol. The number of aryl methyl sites for hydroxylation is 4. The molecule has 0 amide bonds. The van der Waals surface area contributed by atoms with E-state index < -0.39 is 12.9 Å². The molecule has 0 N–H and O–H groups in total. The summed E-state index contributed by atoms with van der Waals surface area (Å²) in [4.78, 5) is 0. The third kappa shape index (κ3) is 3.85. The molecule has 0 saturated heterocycles. The van der Waals surface area contributed by atoms with Gasteiger partial charge in [-0.2, -0.15) is 0 Å². The number of benzene rings is 3. The largest absolute Gasteiger partial charge is 0.493 e. The monoisotopic (exact) mass is 436 g/mol. The number of ether oxygens (including phenoxy) is 3. The smallest absolute Gasteiger partial charge is 0.246 e. The Morgan fingerprint density at radius 3 is 1.61 bits per heavy atom. The Morgan fingerprint density at radius 1 is 0.710 bits per heavy atom. The van der Waals surface area contributed by atoms with E-state index in [1.165, 1.54) is 0 Å². The molecule has 1 heterocycles. The summed E-state index contributed by atoms with van der Waals surface area (Å²) in [6.07, 6.45) is 0. The molecule has 0 aromatic heterocycles. The second kappa shape index (κ2) is 7.46. The summed E-state index contributed by atoms with van der Waals surface area (Å²) in [6, 6.07) is 16.0. The van der Waals surface area contributed by atoms with Crippen molar-refractivity contribution >= 4 is 23.1 Å². The lowest BCUT2D eigenvalue weighted by Gasteiger charge is -2.23. The Kier molecular flexibility index (Phi) is 5.18. The van der Waals surface area contributed by atoms with Crippen LogP contribution in [0.4, 0.5) is 0 Å². The van der Waals surface area contributed by atoms with Crippen LogP contribution in [-0.2, 0) is 4.57 Å². The van der Waals surface area contributed by atoms with Crippen molar-refractivity contribution in [2.45, 2.75) is 47.3 Å². The summed E-state index contributed by atoms with van der Waals surface area (Å²) in [5, 5.41) is 2.27. The van der Waals surface area contributed by atoms with E-state index in [0.29, 0.717) is 22.6 Å². The van der Waals surface area contributed by atoms with Crippen LogP contribution >= 0.6 is 7.14 Å². The van der Waals surface area contributed by atoms with Gasteiger partial charge in [-0.3, -0.25) is 0 Å². The van der Waals surface area contributed by atoms with Crippen molar-refractivity contribution in [1.29, 1.82) is 0 Å². The Bertz CT molecular complexity index is 1130. The van der Waals surface area contributed by atoms with Gasteiger partial charge in [-0.1, -0.05) is 34.4 Å². The lowest BCUT2D eigenvalue weighted by atomic mass is 10.2. The Morgan fingerprint density at radius 2 is 1.16 bits per heavy atom. The van der Waals surface area contributed by atoms with Crippen molar-refractivity contribution in [3.63, 3.8) is 0 Å². The van der Waals surface area contributed by atoms with E-state index >= 15 is 4.57 Å². The number of rotatable bonds is 4. The fraction of sp³-hybridized carbons (Fsp3) is 0.308. The Labute approximate surface area is 184 Å². The highest BCUT2D eigenvalue weighted by atomic mass is 31.2. The molecule has 4 nitrogen and oxygen atoms in total. The van der Waals surface area contributed by atoms with Crippen LogP contribution in [0.2, 0.25) is 0 Å². The molecule has 1 aliphatic rings. The third-order valence-electron chi connectivity index (χ3n) is 5.43. The van der Waals surface area contributed by atoms with Gasteiger partial charge in [0.05, 0.1) is 7.11 Å². The van der Waals surface area contributed by atoms with Crippen molar-refractivity contribution < 1.29 is 18.8 Å².